The van der Waals surface area contributed by atoms with Crippen molar-refractivity contribution < 1.29 is 9.53 Å². The Kier molecular flexibility index (Phi) is 7.87. The second-order valence-electron chi connectivity index (χ2n) is 7.26. The van der Waals surface area contributed by atoms with E-state index in [4.69, 9.17) is 9.73 Å². The SMILES string of the molecule is CCNC(=NCC1(SC)CCOCC1)NC1CCN(C(=O)C(C)C)C1. The molecule has 2 heterocycles. The van der Waals surface area contributed by atoms with Crippen LogP contribution >= 0.6 is 11.8 Å². The minimum absolute atomic E-state index is 0.0654. The Balaban J connectivity index is 1.93. The van der Waals surface area contributed by atoms with Gasteiger partial charge < -0.3 is 20.3 Å². The van der Waals surface area contributed by atoms with E-state index >= 15 is 0 Å². The number of nitrogens with zero attached hydrogens (tertiary/aromatic N) is 2. The van der Waals surface area contributed by atoms with Gasteiger partial charge in [0, 0.05) is 49.6 Å². The molecule has 0 saturated carbocycles. The molecule has 144 valence electrons. The predicted octanol–water partition coefficient (Wildman–Crippen LogP) is 1.71. The number of hydrogen-bond acceptors (Lipinski definition) is 4. The van der Waals surface area contributed by atoms with Gasteiger partial charge in [-0.15, -0.1) is 0 Å². The molecule has 0 aliphatic carbocycles. The lowest BCUT2D eigenvalue weighted by molar-refractivity contribution is -0.133. The molecule has 1 atom stereocenters. The van der Waals surface area contributed by atoms with E-state index in [-0.39, 0.29) is 22.6 Å². The summed E-state index contributed by atoms with van der Waals surface area (Å²) in [5.41, 5.74) is 0. The van der Waals surface area contributed by atoms with E-state index in [1.54, 1.807) is 0 Å². The van der Waals surface area contributed by atoms with Crippen molar-refractivity contribution in [1.82, 2.24) is 15.5 Å². The first kappa shape index (κ1) is 20.4. The summed E-state index contributed by atoms with van der Waals surface area (Å²) < 4.78 is 5.70. The molecule has 2 saturated heterocycles. The highest BCUT2D eigenvalue weighted by molar-refractivity contribution is 8.00. The quantitative estimate of drug-likeness (QED) is 0.550. The van der Waals surface area contributed by atoms with E-state index < -0.39 is 0 Å². The summed E-state index contributed by atoms with van der Waals surface area (Å²) in [5, 5.41) is 6.88. The molecule has 0 aromatic carbocycles. The van der Waals surface area contributed by atoms with Gasteiger partial charge in [-0.1, -0.05) is 13.8 Å². The van der Waals surface area contributed by atoms with Crippen molar-refractivity contribution in [3.63, 3.8) is 0 Å². The number of amides is 1. The number of hydrogen-bond donors (Lipinski definition) is 2. The zero-order valence-electron chi connectivity index (χ0n) is 16.1. The zero-order chi connectivity index (χ0) is 18.3. The Bertz CT molecular complexity index is 464. The van der Waals surface area contributed by atoms with Crippen LogP contribution in [0.15, 0.2) is 4.99 Å². The van der Waals surface area contributed by atoms with Crippen molar-refractivity contribution in [2.45, 2.75) is 50.8 Å². The van der Waals surface area contributed by atoms with Crippen LogP contribution in [0.5, 0.6) is 0 Å². The minimum Gasteiger partial charge on any atom is -0.381 e. The van der Waals surface area contributed by atoms with Crippen molar-refractivity contribution in [2.75, 3.05) is 45.6 Å². The molecule has 2 N–H and O–H groups in total. The van der Waals surface area contributed by atoms with Gasteiger partial charge in [-0.2, -0.15) is 11.8 Å². The molecule has 6 nitrogen and oxygen atoms in total. The maximum Gasteiger partial charge on any atom is 0.225 e. The molecular weight excluding hydrogens is 336 g/mol. The fourth-order valence-corrected chi connectivity index (χ4v) is 4.12. The van der Waals surface area contributed by atoms with Gasteiger partial charge in [0.2, 0.25) is 5.91 Å². The van der Waals surface area contributed by atoms with E-state index in [0.29, 0.717) is 0 Å². The maximum absolute atomic E-state index is 12.2. The molecule has 2 rings (SSSR count). The first-order valence-electron chi connectivity index (χ1n) is 9.46. The smallest absolute Gasteiger partial charge is 0.225 e. The maximum atomic E-state index is 12.2. The molecule has 7 heteroatoms. The largest absolute Gasteiger partial charge is 0.381 e. The lowest BCUT2D eigenvalue weighted by atomic mass is 9.99. The summed E-state index contributed by atoms with van der Waals surface area (Å²) >= 11 is 1.91. The molecule has 25 heavy (non-hydrogen) atoms. The van der Waals surface area contributed by atoms with Gasteiger partial charge in [0.1, 0.15) is 0 Å². The van der Waals surface area contributed by atoms with Gasteiger partial charge in [-0.25, -0.2) is 0 Å². The second kappa shape index (κ2) is 9.67. The van der Waals surface area contributed by atoms with Crippen molar-refractivity contribution in [3.8, 4) is 0 Å². The summed E-state index contributed by atoms with van der Waals surface area (Å²) in [6.07, 6.45) is 5.26. The average molecular weight is 371 g/mol. The molecule has 2 aliphatic rings. The Morgan fingerprint density at radius 1 is 1.40 bits per heavy atom. The van der Waals surface area contributed by atoms with Crippen molar-refractivity contribution in [3.05, 3.63) is 0 Å². The number of nitrogens with one attached hydrogen (secondary N) is 2. The molecule has 2 aliphatic heterocycles. The lowest BCUT2D eigenvalue weighted by Crippen LogP contribution is -2.46. The molecule has 1 amide bonds. The summed E-state index contributed by atoms with van der Waals surface area (Å²) in [6.45, 7) is 10.9. The number of rotatable bonds is 6. The lowest BCUT2D eigenvalue weighted by Gasteiger charge is -2.34. The number of aliphatic imine (C=N–C) groups is 1. The van der Waals surface area contributed by atoms with E-state index in [1.165, 1.54) is 0 Å². The molecule has 0 aromatic rings. The van der Waals surface area contributed by atoms with Gasteiger partial charge in [-0.3, -0.25) is 9.79 Å². The monoisotopic (exact) mass is 370 g/mol. The standard InChI is InChI=1S/C18H34N4O2S/c1-5-19-17(20-13-18(25-4)7-10-24-11-8-18)21-15-6-9-22(12-15)16(23)14(2)3/h14-15H,5-13H2,1-4H3,(H2,19,20,21). The fourth-order valence-electron chi connectivity index (χ4n) is 3.35. The average Bonchev–Trinajstić information content (AvgIpc) is 3.08. The summed E-state index contributed by atoms with van der Waals surface area (Å²) in [6, 6.07) is 0.278. The molecular formula is C18H34N4O2S. The molecule has 1 unspecified atom stereocenters. The van der Waals surface area contributed by atoms with Crippen LogP contribution in [0.1, 0.15) is 40.0 Å². The van der Waals surface area contributed by atoms with Gasteiger partial charge in [0.25, 0.3) is 0 Å². The van der Waals surface area contributed by atoms with Crippen LogP contribution in [0.4, 0.5) is 0 Å². The first-order chi connectivity index (χ1) is 12.0. The fraction of sp³-hybridized carbons (Fsp3) is 0.889. The third kappa shape index (κ3) is 5.78. The molecule has 2 fully saturated rings. The van der Waals surface area contributed by atoms with Crippen LogP contribution in [0, 0.1) is 5.92 Å². The van der Waals surface area contributed by atoms with Crippen molar-refractivity contribution >= 4 is 23.6 Å². The number of ether oxygens (including phenoxy) is 1. The van der Waals surface area contributed by atoms with Crippen LogP contribution in [0.2, 0.25) is 0 Å². The van der Waals surface area contributed by atoms with Crippen LogP contribution < -0.4 is 10.6 Å². The highest BCUT2D eigenvalue weighted by Gasteiger charge is 2.32. The highest BCUT2D eigenvalue weighted by atomic mass is 32.2. The van der Waals surface area contributed by atoms with Crippen LogP contribution in [0.25, 0.3) is 0 Å². The molecule has 0 radical (unpaired) electrons. The third-order valence-corrected chi connectivity index (χ3v) is 6.44. The van der Waals surface area contributed by atoms with Gasteiger partial charge in [0.05, 0.1) is 6.54 Å². The van der Waals surface area contributed by atoms with Crippen LogP contribution in [-0.4, -0.2) is 73.2 Å². The van der Waals surface area contributed by atoms with E-state index in [0.717, 1.165) is 64.6 Å². The number of thioether (sulfide) groups is 1. The Morgan fingerprint density at radius 2 is 2.12 bits per heavy atom. The topological polar surface area (TPSA) is 66.0 Å². The number of guanidine groups is 1. The van der Waals surface area contributed by atoms with Crippen molar-refractivity contribution in [2.24, 2.45) is 10.9 Å². The van der Waals surface area contributed by atoms with Gasteiger partial charge in [-0.05, 0) is 32.4 Å². The Morgan fingerprint density at radius 3 is 2.72 bits per heavy atom. The highest BCUT2D eigenvalue weighted by Crippen LogP contribution is 2.34. The van der Waals surface area contributed by atoms with Gasteiger partial charge >= 0.3 is 0 Å². The number of carbonyl (C=O) groups is 1. The van der Waals surface area contributed by atoms with E-state index in [2.05, 4.69) is 23.8 Å². The summed E-state index contributed by atoms with van der Waals surface area (Å²) in [7, 11) is 0. The third-order valence-electron chi connectivity index (χ3n) is 5.04. The number of likely N-dealkylation sites (tertiary alicyclic amines) is 1. The summed E-state index contributed by atoms with van der Waals surface area (Å²) in [5.74, 6) is 1.18. The van der Waals surface area contributed by atoms with E-state index in [1.807, 2.05) is 30.5 Å². The minimum atomic E-state index is 0.0654. The normalized spacial score (nSPS) is 23.8. The van der Waals surface area contributed by atoms with Crippen molar-refractivity contribution in [1.29, 1.82) is 0 Å². The van der Waals surface area contributed by atoms with Crippen LogP contribution in [0.3, 0.4) is 0 Å². The predicted molar refractivity (Wildman–Crippen MR) is 105 cm³/mol. The first-order valence-corrected chi connectivity index (χ1v) is 10.7. The van der Waals surface area contributed by atoms with Crippen LogP contribution in [-0.2, 0) is 9.53 Å². The Hall–Kier alpha value is -0.950. The van der Waals surface area contributed by atoms with Gasteiger partial charge in [0.15, 0.2) is 5.96 Å². The molecule has 0 aromatic heterocycles. The second-order valence-corrected chi connectivity index (χ2v) is 8.54. The molecule has 0 spiro atoms. The number of carbonyl (C=O) groups excluding carboxylic acids is 1. The van der Waals surface area contributed by atoms with E-state index in [9.17, 15) is 4.79 Å². The Labute approximate surface area is 156 Å². The molecule has 0 bridgehead atoms. The summed E-state index contributed by atoms with van der Waals surface area (Å²) in [4.78, 5) is 19.0. The zero-order valence-corrected chi connectivity index (χ0v) is 17.0.